The van der Waals surface area contributed by atoms with Gasteiger partial charge >= 0.3 is 0 Å². The normalized spacial score (nSPS) is 16.4. The van der Waals surface area contributed by atoms with Gasteiger partial charge < -0.3 is 9.69 Å². The Bertz CT molecular complexity index is 332. The first kappa shape index (κ1) is 10.1. The Morgan fingerprint density at radius 3 is 2.87 bits per heavy atom. The van der Waals surface area contributed by atoms with Crippen molar-refractivity contribution in [2.24, 2.45) is 0 Å². The highest BCUT2D eigenvalue weighted by molar-refractivity contribution is 5.61. The minimum atomic E-state index is 0.472. The lowest BCUT2D eigenvalue weighted by Crippen LogP contribution is -2.31. The van der Waals surface area contributed by atoms with Gasteiger partial charge in [-0.25, -0.2) is 4.98 Å². The summed E-state index contributed by atoms with van der Waals surface area (Å²) in [5.41, 5.74) is 1.05. The van der Waals surface area contributed by atoms with Crippen molar-refractivity contribution >= 4 is 12.1 Å². The SMILES string of the molecule is O=CCc1cccnc1N1CCCCC1. The molecule has 1 aromatic heterocycles. The molecule has 1 saturated heterocycles. The molecule has 3 nitrogen and oxygen atoms in total. The minimum Gasteiger partial charge on any atom is -0.356 e. The largest absolute Gasteiger partial charge is 0.356 e. The van der Waals surface area contributed by atoms with E-state index < -0.39 is 0 Å². The number of rotatable bonds is 3. The van der Waals surface area contributed by atoms with E-state index in [1.54, 1.807) is 6.20 Å². The second kappa shape index (κ2) is 4.91. The molecule has 1 fully saturated rings. The molecule has 1 aromatic rings. The molecule has 15 heavy (non-hydrogen) atoms. The maximum Gasteiger partial charge on any atom is 0.132 e. The zero-order chi connectivity index (χ0) is 10.5. The number of hydrogen-bond acceptors (Lipinski definition) is 3. The highest BCUT2D eigenvalue weighted by Crippen LogP contribution is 2.21. The average molecular weight is 204 g/mol. The molecule has 0 spiro atoms. The first-order chi connectivity index (χ1) is 7.42. The average Bonchev–Trinajstić information content (AvgIpc) is 2.31. The Morgan fingerprint density at radius 1 is 1.33 bits per heavy atom. The van der Waals surface area contributed by atoms with Crippen LogP contribution in [-0.2, 0) is 11.2 Å². The number of hydrogen-bond donors (Lipinski definition) is 0. The molecule has 0 N–H and O–H groups in total. The molecule has 0 aromatic carbocycles. The maximum atomic E-state index is 10.6. The lowest BCUT2D eigenvalue weighted by atomic mass is 10.1. The van der Waals surface area contributed by atoms with Crippen LogP contribution in [0.25, 0.3) is 0 Å². The molecule has 0 amide bonds. The van der Waals surface area contributed by atoms with E-state index >= 15 is 0 Å². The van der Waals surface area contributed by atoms with E-state index in [9.17, 15) is 4.79 Å². The zero-order valence-electron chi connectivity index (χ0n) is 8.85. The van der Waals surface area contributed by atoms with E-state index in [4.69, 9.17) is 0 Å². The van der Waals surface area contributed by atoms with Crippen LogP contribution in [0.2, 0.25) is 0 Å². The van der Waals surface area contributed by atoms with Gasteiger partial charge in [0, 0.05) is 31.3 Å². The quantitative estimate of drug-likeness (QED) is 0.704. The van der Waals surface area contributed by atoms with Gasteiger partial charge in [0.1, 0.15) is 12.1 Å². The van der Waals surface area contributed by atoms with Crippen molar-refractivity contribution < 1.29 is 4.79 Å². The van der Waals surface area contributed by atoms with E-state index in [1.807, 2.05) is 12.1 Å². The third-order valence-corrected chi connectivity index (χ3v) is 2.83. The lowest BCUT2D eigenvalue weighted by molar-refractivity contribution is -0.107. The third-order valence-electron chi connectivity index (χ3n) is 2.83. The smallest absolute Gasteiger partial charge is 0.132 e. The summed E-state index contributed by atoms with van der Waals surface area (Å²) in [7, 11) is 0. The molecular weight excluding hydrogens is 188 g/mol. The molecule has 1 aliphatic heterocycles. The number of pyridine rings is 1. The van der Waals surface area contributed by atoms with E-state index in [-0.39, 0.29) is 0 Å². The van der Waals surface area contributed by atoms with Gasteiger partial charge in [-0.15, -0.1) is 0 Å². The maximum absolute atomic E-state index is 10.6. The second-order valence-electron chi connectivity index (χ2n) is 3.90. The number of anilines is 1. The van der Waals surface area contributed by atoms with Crippen molar-refractivity contribution in [2.75, 3.05) is 18.0 Å². The number of piperidine rings is 1. The molecule has 2 rings (SSSR count). The Hall–Kier alpha value is -1.38. The standard InChI is InChI=1S/C12H16N2O/c15-10-6-11-5-4-7-13-12(11)14-8-2-1-3-9-14/h4-5,7,10H,1-3,6,8-9H2. The van der Waals surface area contributed by atoms with Crippen LogP contribution in [0.5, 0.6) is 0 Å². The molecule has 0 unspecified atom stereocenters. The third kappa shape index (κ3) is 2.35. The topological polar surface area (TPSA) is 33.2 Å². The summed E-state index contributed by atoms with van der Waals surface area (Å²) in [5.74, 6) is 1.00. The van der Waals surface area contributed by atoms with Gasteiger partial charge in [-0.3, -0.25) is 0 Å². The summed E-state index contributed by atoms with van der Waals surface area (Å²) in [5, 5.41) is 0. The molecule has 0 saturated carbocycles. The van der Waals surface area contributed by atoms with Crippen molar-refractivity contribution in [3.8, 4) is 0 Å². The number of carbonyl (C=O) groups excluding carboxylic acids is 1. The molecule has 3 heteroatoms. The molecule has 0 aliphatic carbocycles. The molecule has 0 bridgehead atoms. The van der Waals surface area contributed by atoms with Crippen LogP contribution in [0.3, 0.4) is 0 Å². The van der Waals surface area contributed by atoms with Crippen molar-refractivity contribution in [3.05, 3.63) is 23.9 Å². The fourth-order valence-electron chi connectivity index (χ4n) is 2.07. The highest BCUT2D eigenvalue weighted by Gasteiger charge is 2.14. The number of nitrogens with zero attached hydrogens (tertiary/aromatic N) is 2. The summed E-state index contributed by atoms with van der Waals surface area (Å²) in [6, 6.07) is 3.89. The van der Waals surface area contributed by atoms with E-state index in [0.29, 0.717) is 6.42 Å². The van der Waals surface area contributed by atoms with Crippen molar-refractivity contribution in [1.29, 1.82) is 0 Å². The summed E-state index contributed by atoms with van der Waals surface area (Å²) >= 11 is 0. The van der Waals surface area contributed by atoms with E-state index in [1.165, 1.54) is 19.3 Å². The fourth-order valence-corrected chi connectivity index (χ4v) is 2.07. The van der Waals surface area contributed by atoms with Crippen molar-refractivity contribution in [3.63, 3.8) is 0 Å². The van der Waals surface area contributed by atoms with Crippen LogP contribution in [0, 0.1) is 0 Å². The Kier molecular flexibility index (Phi) is 3.33. The van der Waals surface area contributed by atoms with Crippen LogP contribution >= 0.6 is 0 Å². The van der Waals surface area contributed by atoms with Gasteiger partial charge in [0.25, 0.3) is 0 Å². The number of carbonyl (C=O) groups is 1. The van der Waals surface area contributed by atoms with Gasteiger partial charge in [-0.05, 0) is 25.3 Å². The fraction of sp³-hybridized carbons (Fsp3) is 0.500. The molecule has 2 heterocycles. The Labute approximate surface area is 90.1 Å². The number of aldehydes is 1. The van der Waals surface area contributed by atoms with Gasteiger partial charge in [-0.2, -0.15) is 0 Å². The highest BCUT2D eigenvalue weighted by atomic mass is 16.1. The van der Waals surface area contributed by atoms with Crippen LogP contribution in [0.1, 0.15) is 24.8 Å². The zero-order valence-corrected chi connectivity index (χ0v) is 8.85. The summed E-state index contributed by atoms with van der Waals surface area (Å²) in [4.78, 5) is 17.2. The van der Waals surface area contributed by atoms with Crippen LogP contribution < -0.4 is 4.90 Å². The van der Waals surface area contributed by atoms with Gasteiger partial charge in [0.05, 0.1) is 0 Å². The summed E-state index contributed by atoms with van der Waals surface area (Å²) < 4.78 is 0. The molecule has 0 atom stereocenters. The van der Waals surface area contributed by atoms with Crippen LogP contribution in [-0.4, -0.2) is 24.4 Å². The van der Waals surface area contributed by atoms with Crippen molar-refractivity contribution in [1.82, 2.24) is 4.98 Å². The lowest BCUT2D eigenvalue weighted by Gasteiger charge is -2.29. The van der Waals surface area contributed by atoms with Crippen LogP contribution in [0.4, 0.5) is 5.82 Å². The first-order valence-electron chi connectivity index (χ1n) is 5.54. The molecular formula is C12H16N2O. The Morgan fingerprint density at radius 2 is 2.13 bits per heavy atom. The van der Waals surface area contributed by atoms with Crippen molar-refractivity contribution in [2.45, 2.75) is 25.7 Å². The second-order valence-corrected chi connectivity index (χ2v) is 3.90. The van der Waals surface area contributed by atoms with Gasteiger partial charge in [0.15, 0.2) is 0 Å². The monoisotopic (exact) mass is 204 g/mol. The van der Waals surface area contributed by atoms with Crippen LogP contribution in [0.15, 0.2) is 18.3 Å². The molecule has 0 radical (unpaired) electrons. The van der Waals surface area contributed by atoms with Gasteiger partial charge in [0.2, 0.25) is 0 Å². The molecule has 80 valence electrons. The predicted molar refractivity (Wildman–Crippen MR) is 60.1 cm³/mol. The molecule has 1 aliphatic rings. The number of aromatic nitrogens is 1. The van der Waals surface area contributed by atoms with Gasteiger partial charge in [-0.1, -0.05) is 6.07 Å². The van der Waals surface area contributed by atoms with E-state index in [2.05, 4.69) is 9.88 Å². The summed E-state index contributed by atoms with van der Waals surface area (Å²) in [6.07, 6.45) is 7.00. The van der Waals surface area contributed by atoms with E-state index in [0.717, 1.165) is 30.8 Å². The minimum absolute atomic E-state index is 0.472. The summed E-state index contributed by atoms with van der Waals surface area (Å²) in [6.45, 7) is 2.14. The Balaban J connectivity index is 2.20. The first-order valence-corrected chi connectivity index (χ1v) is 5.54. The predicted octanol–water partition coefficient (Wildman–Crippen LogP) is 1.81.